The van der Waals surface area contributed by atoms with Crippen LogP contribution in [-0.2, 0) is 4.74 Å². The highest BCUT2D eigenvalue weighted by Gasteiger charge is 2.17. The van der Waals surface area contributed by atoms with E-state index in [1.807, 2.05) is 31.5 Å². The van der Waals surface area contributed by atoms with Crippen LogP contribution in [0.15, 0.2) is 35.0 Å². The lowest BCUT2D eigenvalue weighted by Crippen LogP contribution is -2.27. The Morgan fingerprint density at radius 3 is 2.40 bits per heavy atom. The van der Waals surface area contributed by atoms with Gasteiger partial charge >= 0.3 is 6.09 Å². The van der Waals surface area contributed by atoms with Crippen LogP contribution in [0.1, 0.15) is 26.3 Å². The third kappa shape index (κ3) is 3.84. The van der Waals surface area contributed by atoms with Crippen molar-refractivity contribution >= 4 is 23.1 Å². The van der Waals surface area contributed by atoms with E-state index in [1.165, 1.54) is 5.56 Å². The van der Waals surface area contributed by atoms with Crippen molar-refractivity contribution in [2.24, 2.45) is 0 Å². The van der Waals surface area contributed by atoms with Gasteiger partial charge in [-0.15, -0.1) is 11.3 Å². The summed E-state index contributed by atoms with van der Waals surface area (Å²) in [6.45, 7) is 7.60. The Morgan fingerprint density at radius 2 is 1.80 bits per heavy atom. The standard InChI is InChI=1S/C16H19NO2S/c1-11-5-7-12(8-6-11)13-9-20-10-14(13)17-15(18)19-16(2,3)4/h5-10H,1-4H3,(H,17,18). The van der Waals surface area contributed by atoms with E-state index in [0.29, 0.717) is 0 Å². The molecule has 1 N–H and O–H groups in total. The van der Waals surface area contributed by atoms with Gasteiger partial charge in [0.15, 0.2) is 0 Å². The summed E-state index contributed by atoms with van der Waals surface area (Å²) in [6.07, 6.45) is -0.427. The van der Waals surface area contributed by atoms with E-state index in [1.54, 1.807) is 11.3 Å². The van der Waals surface area contributed by atoms with E-state index in [4.69, 9.17) is 4.74 Å². The van der Waals surface area contributed by atoms with Crippen LogP contribution in [0.5, 0.6) is 0 Å². The van der Waals surface area contributed by atoms with Gasteiger partial charge in [0.05, 0.1) is 5.69 Å². The fourth-order valence-electron chi connectivity index (χ4n) is 1.76. The summed E-state index contributed by atoms with van der Waals surface area (Å²) in [5.41, 5.74) is 3.60. The van der Waals surface area contributed by atoms with Gasteiger partial charge in [-0.3, -0.25) is 5.32 Å². The molecule has 4 heteroatoms. The molecule has 1 aromatic carbocycles. The van der Waals surface area contributed by atoms with E-state index in [-0.39, 0.29) is 0 Å². The lowest BCUT2D eigenvalue weighted by molar-refractivity contribution is 0.0636. The number of nitrogens with one attached hydrogen (secondary N) is 1. The molecule has 2 aromatic rings. The molecule has 0 fully saturated rings. The zero-order valence-corrected chi connectivity index (χ0v) is 13.0. The van der Waals surface area contributed by atoms with Gasteiger partial charge in [0.1, 0.15) is 5.60 Å². The number of carbonyl (C=O) groups excluding carboxylic acids is 1. The number of ether oxygens (including phenoxy) is 1. The summed E-state index contributed by atoms with van der Waals surface area (Å²) in [4.78, 5) is 11.8. The van der Waals surface area contributed by atoms with Crippen LogP contribution in [0.25, 0.3) is 11.1 Å². The number of hydrogen-bond acceptors (Lipinski definition) is 3. The van der Waals surface area contributed by atoms with Crippen molar-refractivity contribution in [1.29, 1.82) is 0 Å². The number of thiophene rings is 1. The maximum atomic E-state index is 11.8. The first-order chi connectivity index (χ1) is 9.35. The highest BCUT2D eigenvalue weighted by molar-refractivity contribution is 7.08. The van der Waals surface area contributed by atoms with Crippen LogP contribution < -0.4 is 5.32 Å². The molecule has 0 unspecified atom stereocenters. The summed E-state index contributed by atoms with van der Waals surface area (Å²) in [6, 6.07) is 8.23. The molecule has 2 rings (SSSR count). The van der Waals surface area contributed by atoms with Gasteiger partial charge < -0.3 is 4.74 Å². The number of hydrogen-bond donors (Lipinski definition) is 1. The smallest absolute Gasteiger partial charge is 0.412 e. The molecule has 1 heterocycles. The molecule has 1 aromatic heterocycles. The van der Waals surface area contributed by atoms with Crippen LogP contribution in [0, 0.1) is 6.92 Å². The van der Waals surface area contributed by atoms with E-state index in [2.05, 4.69) is 36.5 Å². The van der Waals surface area contributed by atoms with Crippen molar-refractivity contribution in [3.63, 3.8) is 0 Å². The Labute approximate surface area is 123 Å². The predicted molar refractivity (Wildman–Crippen MR) is 84.3 cm³/mol. The van der Waals surface area contributed by atoms with Crippen LogP contribution in [0.4, 0.5) is 10.5 Å². The SMILES string of the molecule is Cc1ccc(-c2cscc2NC(=O)OC(C)(C)C)cc1. The minimum absolute atomic E-state index is 0.427. The molecule has 0 spiro atoms. The Bertz CT molecular complexity index is 594. The summed E-state index contributed by atoms with van der Waals surface area (Å²) in [5, 5.41) is 6.75. The predicted octanol–water partition coefficient (Wildman–Crippen LogP) is 5.07. The highest BCUT2D eigenvalue weighted by Crippen LogP contribution is 2.32. The Balaban J connectivity index is 2.17. The second-order valence-corrected chi connectivity index (χ2v) is 6.44. The summed E-state index contributed by atoms with van der Waals surface area (Å²) in [7, 11) is 0. The monoisotopic (exact) mass is 289 g/mol. The average molecular weight is 289 g/mol. The quantitative estimate of drug-likeness (QED) is 0.838. The van der Waals surface area contributed by atoms with Crippen LogP contribution in [-0.4, -0.2) is 11.7 Å². The van der Waals surface area contributed by atoms with Gasteiger partial charge in [0, 0.05) is 16.3 Å². The van der Waals surface area contributed by atoms with Gasteiger partial charge in [-0.2, -0.15) is 0 Å². The Hall–Kier alpha value is -1.81. The van der Waals surface area contributed by atoms with Crippen molar-refractivity contribution in [2.45, 2.75) is 33.3 Å². The number of amides is 1. The first-order valence-electron chi connectivity index (χ1n) is 6.48. The van der Waals surface area contributed by atoms with Crippen LogP contribution in [0.3, 0.4) is 0 Å². The molecule has 0 saturated carbocycles. The lowest BCUT2D eigenvalue weighted by atomic mass is 10.1. The molecular formula is C16H19NO2S. The lowest BCUT2D eigenvalue weighted by Gasteiger charge is -2.19. The molecule has 0 aliphatic heterocycles. The van der Waals surface area contributed by atoms with Crippen molar-refractivity contribution in [2.75, 3.05) is 5.32 Å². The van der Waals surface area contributed by atoms with Crippen molar-refractivity contribution in [1.82, 2.24) is 0 Å². The van der Waals surface area contributed by atoms with E-state index >= 15 is 0 Å². The molecule has 0 bridgehead atoms. The van der Waals surface area contributed by atoms with Crippen molar-refractivity contribution < 1.29 is 9.53 Å². The first-order valence-corrected chi connectivity index (χ1v) is 7.43. The third-order valence-corrected chi connectivity index (χ3v) is 3.40. The second kappa shape index (κ2) is 5.67. The maximum absolute atomic E-state index is 11.8. The topological polar surface area (TPSA) is 38.3 Å². The minimum Gasteiger partial charge on any atom is -0.444 e. The number of benzene rings is 1. The van der Waals surface area contributed by atoms with E-state index in [9.17, 15) is 4.79 Å². The number of aryl methyl sites for hydroxylation is 1. The Kier molecular flexibility index (Phi) is 4.14. The van der Waals surface area contributed by atoms with Gasteiger partial charge in [-0.1, -0.05) is 29.8 Å². The summed E-state index contributed by atoms with van der Waals surface area (Å²) >= 11 is 1.55. The average Bonchev–Trinajstić information content (AvgIpc) is 2.75. The van der Waals surface area contributed by atoms with E-state index in [0.717, 1.165) is 16.8 Å². The zero-order chi connectivity index (χ0) is 14.8. The van der Waals surface area contributed by atoms with Crippen LogP contribution >= 0.6 is 11.3 Å². The van der Waals surface area contributed by atoms with Crippen molar-refractivity contribution in [3.05, 3.63) is 40.6 Å². The van der Waals surface area contributed by atoms with Crippen molar-refractivity contribution in [3.8, 4) is 11.1 Å². The maximum Gasteiger partial charge on any atom is 0.412 e. The Morgan fingerprint density at radius 1 is 1.15 bits per heavy atom. The second-order valence-electron chi connectivity index (χ2n) is 5.69. The first kappa shape index (κ1) is 14.6. The fourth-order valence-corrected chi connectivity index (χ4v) is 2.55. The normalized spacial score (nSPS) is 11.2. The number of anilines is 1. The zero-order valence-electron chi connectivity index (χ0n) is 12.2. The largest absolute Gasteiger partial charge is 0.444 e. The van der Waals surface area contributed by atoms with Gasteiger partial charge in [-0.05, 0) is 33.3 Å². The molecule has 3 nitrogen and oxygen atoms in total. The van der Waals surface area contributed by atoms with Crippen LogP contribution in [0.2, 0.25) is 0 Å². The molecule has 0 saturated heterocycles. The molecule has 106 valence electrons. The number of carbonyl (C=O) groups is 1. The molecule has 20 heavy (non-hydrogen) atoms. The third-order valence-electron chi connectivity index (χ3n) is 2.66. The number of rotatable bonds is 2. The summed E-state index contributed by atoms with van der Waals surface area (Å²) < 4.78 is 5.28. The molecular weight excluding hydrogens is 270 g/mol. The molecule has 0 radical (unpaired) electrons. The fraction of sp³-hybridized carbons (Fsp3) is 0.312. The van der Waals surface area contributed by atoms with Gasteiger partial charge in [0.2, 0.25) is 0 Å². The molecule has 0 atom stereocenters. The van der Waals surface area contributed by atoms with E-state index < -0.39 is 11.7 Å². The van der Waals surface area contributed by atoms with Gasteiger partial charge in [0.25, 0.3) is 0 Å². The van der Waals surface area contributed by atoms with Gasteiger partial charge in [-0.25, -0.2) is 4.79 Å². The molecule has 1 amide bonds. The minimum atomic E-state index is -0.496. The molecule has 0 aliphatic rings. The summed E-state index contributed by atoms with van der Waals surface area (Å²) in [5.74, 6) is 0. The highest BCUT2D eigenvalue weighted by atomic mass is 32.1. The molecule has 0 aliphatic carbocycles.